The van der Waals surface area contributed by atoms with Crippen LogP contribution in [-0.2, 0) is 13.0 Å². The van der Waals surface area contributed by atoms with E-state index in [1.807, 2.05) is 0 Å². The molecule has 2 aromatic rings. The van der Waals surface area contributed by atoms with E-state index in [1.165, 1.54) is 0 Å². The molecule has 0 spiro atoms. The molecular weight excluding hydrogens is 287 g/mol. The van der Waals surface area contributed by atoms with Gasteiger partial charge in [0.05, 0.1) is 5.02 Å². The largest absolute Gasteiger partial charge is 0.484 e. The highest BCUT2D eigenvalue weighted by Crippen LogP contribution is 2.27. The minimum Gasteiger partial charge on any atom is -0.484 e. The van der Waals surface area contributed by atoms with Gasteiger partial charge in [0.2, 0.25) is 11.7 Å². The molecule has 0 bridgehead atoms. The summed E-state index contributed by atoms with van der Waals surface area (Å²) in [6, 6.07) is 5.04. The van der Waals surface area contributed by atoms with Crippen molar-refractivity contribution in [2.45, 2.75) is 26.9 Å². The van der Waals surface area contributed by atoms with E-state index in [4.69, 9.17) is 32.5 Å². The van der Waals surface area contributed by atoms with Crippen LogP contribution in [0.3, 0.4) is 0 Å². The quantitative estimate of drug-likeness (QED) is 0.832. The van der Waals surface area contributed by atoms with Crippen molar-refractivity contribution in [3.8, 4) is 5.75 Å². The van der Waals surface area contributed by atoms with Gasteiger partial charge in [-0.05, 0) is 24.1 Å². The molecule has 0 saturated carbocycles. The van der Waals surface area contributed by atoms with Crippen LogP contribution in [-0.4, -0.2) is 10.1 Å². The summed E-state index contributed by atoms with van der Waals surface area (Å²) in [5.74, 6) is 2.14. The first-order valence-electron chi connectivity index (χ1n) is 5.94. The number of hydrogen-bond acceptors (Lipinski definition) is 4. The van der Waals surface area contributed by atoms with Crippen molar-refractivity contribution in [2.75, 3.05) is 0 Å². The Kier molecular flexibility index (Phi) is 4.66. The maximum atomic E-state index is 6.00. The monoisotopic (exact) mass is 300 g/mol. The summed E-state index contributed by atoms with van der Waals surface area (Å²) in [6.45, 7) is 4.39. The van der Waals surface area contributed by atoms with Crippen molar-refractivity contribution in [1.29, 1.82) is 0 Å². The topological polar surface area (TPSA) is 48.2 Å². The highest BCUT2D eigenvalue weighted by molar-refractivity contribution is 6.35. The fourth-order valence-electron chi connectivity index (χ4n) is 1.52. The van der Waals surface area contributed by atoms with Gasteiger partial charge in [-0.25, -0.2) is 0 Å². The summed E-state index contributed by atoms with van der Waals surface area (Å²) in [7, 11) is 0. The van der Waals surface area contributed by atoms with Crippen LogP contribution in [0.1, 0.15) is 25.6 Å². The van der Waals surface area contributed by atoms with E-state index in [0.29, 0.717) is 33.4 Å². The number of nitrogens with zero attached hydrogens (tertiary/aromatic N) is 2. The van der Waals surface area contributed by atoms with E-state index >= 15 is 0 Å². The van der Waals surface area contributed by atoms with Crippen LogP contribution in [0.25, 0.3) is 0 Å². The molecule has 0 aliphatic rings. The lowest BCUT2D eigenvalue weighted by Gasteiger charge is -2.05. The third-order valence-corrected chi connectivity index (χ3v) is 2.87. The molecule has 102 valence electrons. The van der Waals surface area contributed by atoms with Gasteiger partial charge in [-0.2, -0.15) is 4.98 Å². The summed E-state index contributed by atoms with van der Waals surface area (Å²) < 4.78 is 10.6. The van der Waals surface area contributed by atoms with Crippen molar-refractivity contribution in [3.63, 3.8) is 0 Å². The first-order chi connectivity index (χ1) is 9.04. The zero-order chi connectivity index (χ0) is 13.8. The molecule has 0 radical (unpaired) electrons. The fourth-order valence-corrected chi connectivity index (χ4v) is 1.98. The zero-order valence-electron chi connectivity index (χ0n) is 10.7. The molecule has 4 nitrogen and oxygen atoms in total. The van der Waals surface area contributed by atoms with Crippen molar-refractivity contribution >= 4 is 23.2 Å². The highest BCUT2D eigenvalue weighted by atomic mass is 35.5. The van der Waals surface area contributed by atoms with Crippen LogP contribution in [0.4, 0.5) is 0 Å². The van der Waals surface area contributed by atoms with Gasteiger partial charge in [0.1, 0.15) is 5.75 Å². The molecule has 0 fully saturated rings. The maximum Gasteiger partial charge on any atom is 0.227 e. The van der Waals surface area contributed by atoms with Gasteiger partial charge >= 0.3 is 0 Å². The summed E-state index contributed by atoms with van der Waals surface area (Å²) in [5, 5.41) is 4.87. The van der Waals surface area contributed by atoms with Crippen LogP contribution < -0.4 is 4.74 Å². The Morgan fingerprint density at radius 2 is 2.11 bits per heavy atom. The molecular formula is C13H14Cl2N2O2. The van der Waals surface area contributed by atoms with E-state index in [0.717, 1.165) is 6.42 Å². The van der Waals surface area contributed by atoms with Crippen LogP contribution in [0.5, 0.6) is 5.75 Å². The first-order valence-corrected chi connectivity index (χ1v) is 6.69. The Bertz CT molecular complexity index is 555. The second-order valence-electron chi connectivity index (χ2n) is 4.57. The van der Waals surface area contributed by atoms with Crippen LogP contribution in [0.2, 0.25) is 10.0 Å². The van der Waals surface area contributed by atoms with Crippen LogP contribution in [0.15, 0.2) is 22.7 Å². The second kappa shape index (κ2) is 6.26. The molecule has 0 N–H and O–H groups in total. The van der Waals surface area contributed by atoms with Gasteiger partial charge in [0, 0.05) is 11.4 Å². The van der Waals surface area contributed by atoms with Crippen molar-refractivity contribution < 1.29 is 9.26 Å². The molecule has 1 aromatic heterocycles. The molecule has 0 atom stereocenters. The van der Waals surface area contributed by atoms with Crippen molar-refractivity contribution in [2.24, 2.45) is 5.92 Å². The predicted octanol–water partition coefficient (Wildman–Crippen LogP) is 4.15. The molecule has 19 heavy (non-hydrogen) atoms. The lowest BCUT2D eigenvalue weighted by molar-refractivity contribution is 0.284. The predicted molar refractivity (Wildman–Crippen MR) is 73.6 cm³/mol. The third kappa shape index (κ3) is 4.11. The third-order valence-electron chi connectivity index (χ3n) is 2.34. The molecule has 2 rings (SSSR count). The van der Waals surface area contributed by atoms with Gasteiger partial charge in [-0.15, -0.1) is 0 Å². The van der Waals surface area contributed by atoms with Gasteiger partial charge in [0.15, 0.2) is 6.61 Å². The molecule has 1 aromatic carbocycles. The Balaban J connectivity index is 1.96. The summed E-state index contributed by atoms with van der Waals surface area (Å²) in [5.41, 5.74) is 0. The van der Waals surface area contributed by atoms with Crippen LogP contribution in [0, 0.1) is 5.92 Å². The normalized spacial score (nSPS) is 11.0. The highest BCUT2D eigenvalue weighted by Gasteiger charge is 2.09. The Morgan fingerprint density at radius 1 is 1.32 bits per heavy atom. The molecule has 0 amide bonds. The van der Waals surface area contributed by atoms with E-state index in [1.54, 1.807) is 18.2 Å². The summed E-state index contributed by atoms with van der Waals surface area (Å²) in [6.07, 6.45) is 0.759. The minimum atomic E-state index is 0.211. The standard InChI is InChI=1S/C13H14Cl2N2O2/c1-8(2)5-13-16-12(17-19-13)7-18-11-4-3-9(14)6-10(11)15/h3-4,6,8H,5,7H2,1-2H3. The van der Waals surface area contributed by atoms with Gasteiger partial charge in [0.25, 0.3) is 0 Å². The second-order valence-corrected chi connectivity index (χ2v) is 5.41. The summed E-state index contributed by atoms with van der Waals surface area (Å²) in [4.78, 5) is 4.24. The maximum absolute atomic E-state index is 6.00. The molecule has 0 unspecified atom stereocenters. The molecule has 0 aliphatic heterocycles. The number of rotatable bonds is 5. The minimum absolute atomic E-state index is 0.211. The average molecular weight is 301 g/mol. The number of hydrogen-bond donors (Lipinski definition) is 0. The molecule has 6 heteroatoms. The van der Waals surface area contributed by atoms with E-state index < -0.39 is 0 Å². The lowest BCUT2D eigenvalue weighted by atomic mass is 10.1. The molecule has 0 aliphatic carbocycles. The Labute approximate surface area is 121 Å². The SMILES string of the molecule is CC(C)Cc1nc(COc2ccc(Cl)cc2Cl)no1. The Hall–Kier alpha value is -1.26. The fraction of sp³-hybridized carbons (Fsp3) is 0.385. The van der Waals surface area contributed by atoms with Gasteiger partial charge in [-0.3, -0.25) is 0 Å². The number of aromatic nitrogens is 2. The van der Waals surface area contributed by atoms with Gasteiger partial charge in [-0.1, -0.05) is 42.2 Å². The lowest BCUT2D eigenvalue weighted by Crippen LogP contribution is -1.99. The van der Waals surface area contributed by atoms with Gasteiger partial charge < -0.3 is 9.26 Å². The average Bonchev–Trinajstić information content (AvgIpc) is 2.74. The van der Waals surface area contributed by atoms with Crippen molar-refractivity contribution in [1.82, 2.24) is 10.1 Å². The van der Waals surface area contributed by atoms with E-state index in [2.05, 4.69) is 24.0 Å². The zero-order valence-corrected chi connectivity index (χ0v) is 12.2. The van der Waals surface area contributed by atoms with Crippen LogP contribution >= 0.6 is 23.2 Å². The number of ether oxygens (including phenoxy) is 1. The first kappa shape index (κ1) is 14.2. The summed E-state index contributed by atoms with van der Waals surface area (Å²) >= 11 is 11.8. The van der Waals surface area contributed by atoms with E-state index in [-0.39, 0.29) is 6.61 Å². The van der Waals surface area contributed by atoms with Crippen molar-refractivity contribution in [3.05, 3.63) is 40.0 Å². The smallest absolute Gasteiger partial charge is 0.227 e. The number of benzene rings is 1. The Morgan fingerprint density at radius 3 is 2.79 bits per heavy atom. The molecule has 1 heterocycles. The number of halogens is 2. The molecule has 0 saturated heterocycles. The van der Waals surface area contributed by atoms with E-state index in [9.17, 15) is 0 Å².